The van der Waals surface area contributed by atoms with Crippen LogP contribution in [0.3, 0.4) is 0 Å². The van der Waals surface area contributed by atoms with Gasteiger partial charge in [-0.2, -0.15) is 9.40 Å². The van der Waals surface area contributed by atoms with Crippen molar-refractivity contribution in [2.45, 2.75) is 18.2 Å². The second kappa shape index (κ2) is 5.56. The molecule has 96 valence electrons. The van der Waals surface area contributed by atoms with Gasteiger partial charge >= 0.3 is 0 Å². The van der Waals surface area contributed by atoms with Gasteiger partial charge in [0.05, 0.1) is 11.2 Å². The number of hydrogen-bond donors (Lipinski definition) is 1. The molecule has 0 aliphatic carbocycles. The van der Waals surface area contributed by atoms with Crippen LogP contribution in [0.2, 0.25) is 0 Å². The Bertz CT molecular complexity index is 495. The van der Waals surface area contributed by atoms with Crippen molar-refractivity contribution in [1.29, 1.82) is 0 Å². The van der Waals surface area contributed by atoms with Crippen LogP contribution in [0.1, 0.15) is 13.3 Å². The molecule has 0 spiro atoms. The number of aryl methyl sites for hydroxylation is 1. The van der Waals surface area contributed by atoms with Gasteiger partial charge in [-0.1, -0.05) is 19.1 Å². The highest BCUT2D eigenvalue weighted by Crippen LogP contribution is 2.14. The number of rotatable bonds is 6. The van der Waals surface area contributed by atoms with Gasteiger partial charge in [0.15, 0.2) is 0 Å². The van der Waals surface area contributed by atoms with E-state index >= 15 is 0 Å². The van der Waals surface area contributed by atoms with Gasteiger partial charge in [-0.3, -0.25) is 4.68 Å². The Kier molecular flexibility index (Phi) is 4.61. The first-order valence-electron chi connectivity index (χ1n) is 5.15. The van der Waals surface area contributed by atoms with Crippen molar-refractivity contribution in [2.75, 3.05) is 13.1 Å². The summed E-state index contributed by atoms with van der Waals surface area (Å²) in [6.07, 6.45) is 3.18. The maximum absolute atomic E-state index is 12.2. The summed E-state index contributed by atoms with van der Waals surface area (Å²) in [6, 6.07) is 0. The standard InChI is InChI=1S/C9H16N4O2S2/c1-3-13(5-4-9(10)16)17(14,15)8-6-11-12(2)7-8/h6-7H,3-5H2,1-2H3,(H2,10,16). The second-order valence-corrected chi connectivity index (χ2v) is 6.03. The summed E-state index contributed by atoms with van der Waals surface area (Å²) >= 11 is 4.75. The summed E-state index contributed by atoms with van der Waals surface area (Å²) in [5.74, 6) is 0. The Morgan fingerprint density at radius 3 is 2.71 bits per heavy atom. The molecule has 8 heteroatoms. The normalized spacial score (nSPS) is 11.9. The molecular weight excluding hydrogens is 260 g/mol. The predicted molar refractivity (Wildman–Crippen MR) is 69.0 cm³/mol. The first kappa shape index (κ1) is 14.1. The first-order chi connectivity index (χ1) is 7.87. The van der Waals surface area contributed by atoms with Gasteiger partial charge in [-0.15, -0.1) is 0 Å². The van der Waals surface area contributed by atoms with Crippen molar-refractivity contribution >= 4 is 27.2 Å². The lowest BCUT2D eigenvalue weighted by Gasteiger charge is -2.18. The summed E-state index contributed by atoms with van der Waals surface area (Å²) in [6.45, 7) is 2.44. The van der Waals surface area contributed by atoms with Gasteiger partial charge in [0.25, 0.3) is 0 Å². The van der Waals surface area contributed by atoms with Gasteiger partial charge in [-0.05, 0) is 0 Å². The maximum atomic E-state index is 12.2. The quantitative estimate of drug-likeness (QED) is 0.746. The van der Waals surface area contributed by atoms with Crippen molar-refractivity contribution < 1.29 is 8.42 Å². The Hall–Kier alpha value is -0.990. The average molecular weight is 276 g/mol. The van der Waals surface area contributed by atoms with Crippen LogP contribution in [-0.4, -0.2) is 40.6 Å². The zero-order valence-corrected chi connectivity index (χ0v) is 11.5. The van der Waals surface area contributed by atoms with E-state index in [2.05, 4.69) is 5.10 Å². The number of aromatic nitrogens is 2. The minimum Gasteiger partial charge on any atom is -0.393 e. The van der Waals surface area contributed by atoms with Crippen molar-refractivity contribution in [3.05, 3.63) is 12.4 Å². The Balaban J connectivity index is 2.90. The smallest absolute Gasteiger partial charge is 0.246 e. The van der Waals surface area contributed by atoms with Crippen LogP contribution in [-0.2, 0) is 17.1 Å². The lowest BCUT2D eigenvalue weighted by molar-refractivity contribution is 0.437. The fraction of sp³-hybridized carbons (Fsp3) is 0.556. The van der Waals surface area contributed by atoms with Crippen LogP contribution in [0.15, 0.2) is 17.3 Å². The molecule has 1 rings (SSSR count). The lowest BCUT2D eigenvalue weighted by atomic mass is 10.4. The van der Waals surface area contributed by atoms with Crippen LogP contribution < -0.4 is 5.73 Å². The molecule has 0 radical (unpaired) electrons. The third kappa shape index (κ3) is 3.48. The zero-order chi connectivity index (χ0) is 13.1. The molecule has 6 nitrogen and oxygen atoms in total. The highest BCUT2D eigenvalue weighted by molar-refractivity contribution is 7.89. The maximum Gasteiger partial charge on any atom is 0.246 e. The molecule has 2 N–H and O–H groups in total. The van der Waals surface area contributed by atoms with Crippen molar-refractivity contribution in [3.63, 3.8) is 0 Å². The highest BCUT2D eigenvalue weighted by atomic mass is 32.2. The topological polar surface area (TPSA) is 81.2 Å². The van der Waals surface area contributed by atoms with Crippen LogP contribution in [0.25, 0.3) is 0 Å². The van der Waals surface area contributed by atoms with Crippen LogP contribution >= 0.6 is 12.2 Å². The summed E-state index contributed by atoms with van der Waals surface area (Å²) in [5, 5.41) is 3.86. The van der Waals surface area contributed by atoms with E-state index < -0.39 is 10.0 Å². The minimum absolute atomic E-state index is 0.185. The minimum atomic E-state index is -3.49. The number of thiocarbonyl (C=S) groups is 1. The van der Waals surface area contributed by atoms with Crippen LogP contribution in [0.4, 0.5) is 0 Å². The van der Waals surface area contributed by atoms with Crippen LogP contribution in [0, 0.1) is 0 Å². The van der Waals surface area contributed by atoms with E-state index in [1.807, 2.05) is 0 Å². The molecule has 1 aromatic heterocycles. The summed E-state index contributed by atoms with van der Waals surface area (Å²) in [7, 11) is -1.82. The van der Waals surface area contributed by atoms with Crippen molar-refractivity contribution in [3.8, 4) is 0 Å². The van der Waals surface area contributed by atoms with Gasteiger partial charge in [0, 0.05) is 32.8 Å². The predicted octanol–water partition coefficient (Wildman–Crippen LogP) is 0.107. The Labute approximate surface area is 106 Å². The number of nitrogens with zero attached hydrogens (tertiary/aromatic N) is 3. The van der Waals surface area contributed by atoms with Crippen molar-refractivity contribution in [2.24, 2.45) is 12.8 Å². The molecule has 0 aromatic carbocycles. The number of nitrogens with two attached hydrogens (primary N) is 1. The SMILES string of the molecule is CCN(CCC(N)=S)S(=O)(=O)c1cnn(C)c1. The van der Waals surface area contributed by atoms with E-state index in [1.54, 1.807) is 14.0 Å². The third-order valence-electron chi connectivity index (χ3n) is 2.28. The molecular formula is C9H16N4O2S2. The molecule has 0 fully saturated rings. The number of hydrogen-bond acceptors (Lipinski definition) is 4. The Morgan fingerprint density at radius 2 is 2.29 bits per heavy atom. The monoisotopic (exact) mass is 276 g/mol. The van der Waals surface area contributed by atoms with E-state index in [-0.39, 0.29) is 4.90 Å². The van der Waals surface area contributed by atoms with Crippen LogP contribution in [0.5, 0.6) is 0 Å². The summed E-state index contributed by atoms with van der Waals surface area (Å²) in [4.78, 5) is 0.495. The van der Waals surface area contributed by atoms with E-state index in [1.165, 1.54) is 21.4 Å². The third-order valence-corrected chi connectivity index (χ3v) is 4.41. The summed E-state index contributed by atoms with van der Waals surface area (Å²) < 4.78 is 27.1. The molecule has 17 heavy (non-hydrogen) atoms. The zero-order valence-electron chi connectivity index (χ0n) is 9.83. The Morgan fingerprint density at radius 1 is 1.65 bits per heavy atom. The molecule has 0 aliphatic rings. The van der Waals surface area contributed by atoms with Gasteiger partial charge < -0.3 is 5.73 Å². The molecule has 0 unspecified atom stereocenters. The van der Waals surface area contributed by atoms with Crippen molar-refractivity contribution in [1.82, 2.24) is 14.1 Å². The molecule has 0 bridgehead atoms. The van der Waals surface area contributed by atoms with Gasteiger partial charge in [0.2, 0.25) is 10.0 Å². The van der Waals surface area contributed by atoms with E-state index in [4.69, 9.17) is 18.0 Å². The largest absolute Gasteiger partial charge is 0.393 e. The molecule has 1 aromatic rings. The van der Waals surface area contributed by atoms with Gasteiger partial charge in [0.1, 0.15) is 4.90 Å². The van der Waals surface area contributed by atoms with E-state index in [9.17, 15) is 8.42 Å². The second-order valence-electron chi connectivity index (χ2n) is 3.56. The molecule has 0 amide bonds. The average Bonchev–Trinajstić information content (AvgIpc) is 2.65. The fourth-order valence-electron chi connectivity index (χ4n) is 1.36. The van der Waals surface area contributed by atoms with E-state index in [0.29, 0.717) is 24.5 Å². The first-order valence-corrected chi connectivity index (χ1v) is 7.00. The molecule has 0 saturated heterocycles. The fourth-order valence-corrected chi connectivity index (χ4v) is 2.89. The molecule has 0 aliphatic heterocycles. The molecule has 0 saturated carbocycles. The van der Waals surface area contributed by atoms with Gasteiger partial charge in [-0.25, -0.2) is 8.42 Å². The lowest BCUT2D eigenvalue weighted by Crippen LogP contribution is -2.33. The molecule has 0 atom stereocenters. The highest BCUT2D eigenvalue weighted by Gasteiger charge is 2.24. The number of sulfonamides is 1. The summed E-state index contributed by atoms with van der Waals surface area (Å²) in [5.41, 5.74) is 5.38. The van der Waals surface area contributed by atoms with E-state index in [0.717, 1.165) is 0 Å². The molecule has 1 heterocycles.